The van der Waals surface area contributed by atoms with E-state index in [-0.39, 0.29) is 22.8 Å². The van der Waals surface area contributed by atoms with E-state index in [1.807, 2.05) is 6.07 Å². The van der Waals surface area contributed by atoms with Gasteiger partial charge < -0.3 is 4.74 Å². The van der Waals surface area contributed by atoms with Crippen LogP contribution in [0.3, 0.4) is 0 Å². The summed E-state index contributed by atoms with van der Waals surface area (Å²) in [4.78, 5) is 34.5. The number of nitro benzene ring substituents is 1. The van der Waals surface area contributed by atoms with Crippen molar-refractivity contribution < 1.29 is 19.2 Å². The second-order valence-electron chi connectivity index (χ2n) is 5.94. The number of esters is 1. The zero-order valence-corrected chi connectivity index (χ0v) is 15.7. The van der Waals surface area contributed by atoms with Crippen LogP contribution in [0.25, 0.3) is 6.08 Å². The quantitative estimate of drug-likeness (QED) is 0.137. The van der Waals surface area contributed by atoms with Crippen molar-refractivity contribution in [2.24, 2.45) is 0 Å². The Kier molecular flexibility index (Phi) is 6.16. The van der Waals surface area contributed by atoms with Gasteiger partial charge in [0, 0.05) is 22.7 Å². The standard InChI is InChI=1S/C22H14ClNO5/c23-20-4-2-1-3-15(20)9-14-21(25)16-7-12-19(13-8-16)29-22(26)17-5-10-18(11-6-17)24(27)28/h1-14H/b14-9+. The molecular weight excluding hydrogens is 394 g/mol. The van der Waals surface area contributed by atoms with Crippen LogP contribution >= 0.6 is 11.6 Å². The second-order valence-corrected chi connectivity index (χ2v) is 6.34. The number of ketones is 1. The first-order chi connectivity index (χ1) is 13.9. The molecule has 0 unspecified atom stereocenters. The maximum absolute atomic E-state index is 12.3. The molecule has 144 valence electrons. The van der Waals surface area contributed by atoms with Crippen LogP contribution < -0.4 is 4.74 Å². The highest BCUT2D eigenvalue weighted by Gasteiger charge is 2.12. The van der Waals surface area contributed by atoms with Crippen LogP contribution in [0.1, 0.15) is 26.3 Å². The van der Waals surface area contributed by atoms with Crippen molar-refractivity contribution in [3.05, 3.63) is 111 Å². The lowest BCUT2D eigenvalue weighted by atomic mass is 10.1. The first-order valence-corrected chi connectivity index (χ1v) is 8.85. The Morgan fingerprint density at radius 1 is 0.897 bits per heavy atom. The Morgan fingerprint density at radius 3 is 2.14 bits per heavy atom. The Labute approximate surface area is 171 Å². The van der Waals surface area contributed by atoms with Gasteiger partial charge in [0.2, 0.25) is 0 Å². The van der Waals surface area contributed by atoms with E-state index in [0.717, 1.165) is 5.56 Å². The summed E-state index contributed by atoms with van der Waals surface area (Å²) >= 11 is 6.05. The lowest BCUT2D eigenvalue weighted by molar-refractivity contribution is -0.384. The Bertz CT molecular complexity index is 1090. The van der Waals surface area contributed by atoms with Crippen LogP contribution in [0.4, 0.5) is 5.69 Å². The minimum Gasteiger partial charge on any atom is -0.423 e. The van der Waals surface area contributed by atoms with Crippen molar-refractivity contribution in [1.29, 1.82) is 0 Å². The molecule has 3 aromatic carbocycles. The van der Waals surface area contributed by atoms with Crippen molar-refractivity contribution in [3.63, 3.8) is 0 Å². The number of hydrogen-bond acceptors (Lipinski definition) is 5. The number of rotatable bonds is 6. The monoisotopic (exact) mass is 407 g/mol. The molecule has 3 aromatic rings. The highest BCUT2D eigenvalue weighted by atomic mass is 35.5. The fourth-order valence-corrected chi connectivity index (χ4v) is 2.64. The number of carbonyl (C=O) groups is 2. The molecule has 0 saturated carbocycles. The van der Waals surface area contributed by atoms with E-state index in [4.69, 9.17) is 16.3 Å². The number of ether oxygens (including phenoxy) is 1. The van der Waals surface area contributed by atoms with Gasteiger partial charge in [0.25, 0.3) is 5.69 Å². The average Bonchev–Trinajstić information content (AvgIpc) is 2.73. The van der Waals surface area contributed by atoms with Crippen LogP contribution in [-0.4, -0.2) is 16.7 Å². The van der Waals surface area contributed by atoms with Gasteiger partial charge in [0.1, 0.15) is 5.75 Å². The van der Waals surface area contributed by atoms with Crippen molar-refractivity contribution in [2.45, 2.75) is 0 Å². The minimum absolute atomic E-state index is 0.116. The van der Waals surface area contributed by atoms with E-state index in [9.17, 15) is 19.7 Å². The normalized spacial score (nSPS) is 10.7. The van der Waals surface area contributed by atoms with E-state index in [0.29, 0.717) is 10.6 Å². The summed E-state index contributed by atoms with van der Waals surface area (Å²) in [5.74, 6) is -0.629. The minimum atomic E-state index is -0.655. The number of hydrogen-bond donors (Lipinski definition) is 0. The van der Waals surface area contributed by atoms with Gasteiger partial charge in [-0.15, -0.1) is 0 Å². The van der Waals surface area contributed by atoms with E-state index in [1.54, 1.807) is 24.3 Å². The van der Waals surface area contributed by atoms with Gasteiger partial charge in [-0.3, -0.25) is 14.9 Å². The SMILES string of the molecule is O=C(/C=C/c1ccccc1Cl)c1ccc(OC(=O)c2ccc([N+](=O)[O-])cc2)cc1. The third-order valence-corrected chi connectivity index (χ3v) is 4.33. The molecule has 0 radical (unpaired) electrons. The molecule has 0 N–H and O–H groups in total. The van der Waals surface area contributed by atoms with Crippen LogP contribution in [0.5, 0.6) is 5.75 Å². The first-order valence-electron chi connectivity index (χ1n) is 8.48. The number of carbonyl (C=O) groups excluding carboxylic acids is 2. The number of nitrogens with zero attached hydrogens (tertiary/aromatic N) is 1. The number of allylic oxidation sites excluding steroid dienone is 1. The molecule has 29 heavy (non-hydrogen) atoms. The van der Waals surface area contributed by atoms with Crippen LogP contribution in [0.15, 0.2) is 78.9 Å². The number of halogens is 1. The fourth-order valence-electron chi connectivity index (χ4n) is 2.44. The van der Waals surface area contributed by atoms with E-state index in [1.165, 1.54) is 54.6 Å². The molecule has 0 saturated heterocycles. The molecule has 0 fully saturated rings. The molecule has 0 spiro atoms. The Morgan fingerprint density at radius 2 is 1.52 bits per heavy atom. The Hall–Kier alpha value is -3.77. The molecule has 0 aliphatic carbocycles. The highest BCUT2D eigenvalue weighted by molar-refractivity contribution is 6.32. The molecule has 0 atom stereocenters. The predicted octanol–water partition coefficient (Wildman–Crippen LogP) is 5.36. The molecule has 0 heterocycles. The second kappa shape index (κ2) is 8.95. The molecule has 0 aromatic heterocycles. The number of non-ortho nitro benzene ring substituents is 1. The molecular formula is C22H14ClNO5. The van der Waals surface area contributed by atoms with Gasteiger partial charge >= 0.3 is 5.97 Å². The zero-order chi connectivity index (χ0) is 20.8. The summed E-state index contributed by atoms with van der Waals surface area (Å²) < 4.78 is 5.22. The summed E-state index contributed by atoms with van der Waals surface area (Å²) in [5.41, 5.74) is 1.22. The van der Waals surface area contributed by atoms with Crippen molar-refractivity contribution in [3.8, 4) is 5.75 Å². The van der Waals surface area contributed by atoms with Crippen molar-refractivity contribution >= 4 is 35.1 Å². The molecule has 0 amide bonds. The molecule has 6 nitrogen and oxygen atoms in total. The van der Waals surface area contributed by atoms with Gasteiger partial charge in [0.05, 0.1) is 10.5 Å². The number of benzene rings is 3. The highest BCUT2D eigenvalue weighted by Crippen LogP contribution is 2.19. The molecule has 0 bridgehead atoms. The summed E-state index contributed by atoms with van der Waals surface area (Å²) in [6.07, 6.45) is 3.05. The van der Waals surface area contributed by atoms with E-state index >= 15 is 0 Å². The molecule has 0 aliphatic heterocycles. The predicted molar refractivity (Wildman–Crippen MR) is 109 cm³/mol. The van der Waals surface area contributed by atoms with Crippen LogP contribution in [0.2, 0.25) is 5.02 Å². The molecule has 0 aliphatic rings. The molecule has 3 rings (SSSR count). The maximum Gasteiger partial charge on any atom is 0.343 e. The van der Waals surface area contributed by atoms with Crippen molar-refractivity contribution in [2.75, 3.05) is 0 Å². The largest absolute Gasteiger partial charge is 0.423 e. The van der Waals surface area contributed by atoms with Gasteiger partial charge in [-0.05, 0) is 60.2 Å². The van der Waals surface area contributed by atoms with Gasteiger partial charge in [-0.25, -0.2) is 4.79 Å². The third kappa shape index (κ3) is 5.15. The van der Waals surface area contributed by atoms with Gasteiger partial charge in [-0.1, -0.05) is 29.8 Å². The van der Waals surface area contributed by atoms with Crippen molar-refractivity contribution in [1.82, 2.24) is 0 Å². The summed E-state index contributed by atoms with van der Waals surface area (Å²) in [6.45, 7) is 0. The smallest absolute Gasteiger partial charge is 0.343 e. The van der Waals surface area contributed by atoms with Crippen LogP contribution in [0, 0.1) is 10.1 Å². The third-order valence-electron chi connectivity index (χ3n) is 3.98. The Balaban J connectivity index is 1.65. The summed E-state index contributed by atoms with van der Waals surface area (Å²) in [5, 5.41) is 11.2. The maximum atomic E-state index is 12.3. The van der Waals surface area contributed by atoms with E-state index < -0.39 is 10.9 Å². The number of nitro groups is 1. The summed E-state index contributed by atoms with van der Waals surface area (Å²) in [7, 11) is 0. The zero-order valence-electron chi connectivity index (χ0n) is 14.9. The molecule has 7 heteroatoms. The van der Waals surface area contributed by atoms with Gasteiger partial charge in [0.15, 0.2) is 5.78 Å². The summed E-state index contributed by atoms with van der Waals surface area (Å²) in [6, 6.07) is 18.3. The topological polar surface area (TPSA) is 86.5 Å². The van der Waals surface area contributed by atoms with Gasteiger partial charge in [-0.2, -0.15) is 0 Å². The lowest BCUT2D eigenvalue weighted by Gasteiger charge is -2.05. The van der Waals surface area contributed by atoms with Crippen LogP contribution in [-0.2, 0) is 0 Å². The van der Waals surface area contributed by atoms with E-state index in [2.05, 4.69) is 0 Å². The fraction of sp³-hybridized carbons (Fsp3) is 0. The lowest BCUT2D eigenvalue weighted by Crippen LogP contribution is -2.08. The first kappa shape index (κ1) is 20.0. The average molecular weight is 408 g/mol.